The molecule has 2 unspecified atom stereocenters. The minimum Gasteiger partial charge on any atom is -0.338 e. The third-order valence-electron chi connectivity index (χ3n) is 3.98. The van der Waals surface area contributed by atoms with Crippen LogP contribution in [0.25, 0.3) is 11.0 Å². The minimum absolute atomic E-state index is 0.136. The second-order valence-corrected chi connectivity index (χ2v) is 6.52. The lowest BCUT2D eigenvalue weighted by atomic mass is 9.91. The van der Waals surface area contributed by atoms with E-state index in [2.05, 4.69) is 23.8 Å². The molecular formula is C15H18FN3OS. The van der Waals surface area contributed by atoms with Crippen molar-refractivity contribution in [1.29, 1.82) is 0 Å². The Kier molecular flexibility index (Phi) is 3.57. The number of benzene rings is 1. The Labute approximate surface area is 127 Å². The molecule has 1 saturated heterocycles. The highest BCUT2D eigenvalue weighted by Gasteiger charge is 2.27. The van der Waals surface area contributed by atoms with Gasteiger partial charge in [0.25, 0.3) is 5.91 Å². The van der Waals surface area contributed by atoms with Crippen LogP contribution in [0.15, 0.2) is 12.1 Å². The Morgan fingerprint density at radius 2 is 1.95 bits per heavy atom. The molecule has 6 heteroatoms. The van der Waals surface area contributed by atoms with Crippen LogP contribution in [0.5, 0.6) is 0 Å². The molecule has 112 valence electrons. The average Bonchev–Trinajstić information content (AvgIpc) is 2.75. The van der Waals surface area contributed by atoms with Gasteiger partial charge in [0, 0.05) is 13.1 Å². The predicted octanol–water partition coefficient (Wildman–Crippen LogP) is 3.48. The lowest BCUT2D eigenvalue weighted by Gasteiger charge is -2.35. The molecule has 1 fully saturated rings. The molecule has 1 aliphatic rings. The fourth-order valence-corrected chi connectivity index (χ4v) is 3.49. The van der Waals surface area contributed by atoms with Gasteiger partial charge in [-0.2, -0.15) is 0 Å². The van der Waals surface area contributed by atoms with Crippen LogP contribution >= 0.6 is 12.2 Å². The number of amides is 1. The molecule has 1 aromatic heterocycles. The van der Waals surface area contributed by atoms with E-state index in [9.17, 15) is 9.18 Å². The van der Waals surface area contributed by atoms with Crippen molar-refractivity contribution >= 4 is 29.2 Å². The van der Waals surface area contributed by atoms with Gasteiger partial charge in [-0.05, 0) is 42.6 Å². The van der Waals surface area contributed by atoms with Crippen LogP contribution in [0.1, 0.15) is 30.6 Å². The van der Waals surface area contributed by atoms with E-state index < -0.39 is 5.82 Å². The molecule has 0 radical (unpaired) electrons. The lowest BCUT2D eigenvalue weighted by molar-refractivity contribution is 0.0624. The molecule has 2 N–H and O–H groups in total. The van der Waals surface area contributed by atoms with E-state index in [-0.39, 0.29) is 5.91 Å². The Hall–Kier alpha value is -1.69. The van der Waals surface area contributed by atoms with Crippen LogP contribution in [0.4, 0.5) is 4.39 Å². The summed E-state index contributed by atoms with van der Waals surface area (Å²) in [5.41, 5.74) is 1.46. The van der Waals surface area contributed by atoms with E-state index in [1.54, 1.807) is 0 Å². The number of hydrogen-bond acceptors (Lipinski definition) is 2. The molecule has 1 amide bonds. The number of carbonyl (C=O) groups excluding carboxylic acids is 1. The van der Waals surface area contributed by atoms with Gasteiger partial charge >= 0.3 is 0 Å². The molecule has 1 aromatic carbocycles. The number of aromatic amines is 2. The number of imidazole rings is 1. The van der Waals surface area contributed by atoms with Gasteiger partial charge in [0.1, 0.15) is 5.82 Å². The van der Waals surface area contributed by atoms with Crippen LogP contribution < -0.4 is 0 Å². The average molecular weight is 307 g/mol. The summed E-state index contributed by atoms with van der Waals surface area (Å²) in [7, 11) is 0. The van der Waals surface area contributed by atoms with E-state index in [4.69, 9.17) is 12.2 Å². The molecule has 0 saturated carbocycles. The molecule has 3 rings (SSSR count). The van der Waals surface area contributed by atoms with E-state index in [0.29, 0.717) is 46.3 Å². The summed E-state index contributed by atoms with van der Waals surface area (Å²) in [6, 6.07) is 2.63. The zero-order valence-corrected chi connectivity index (χ0v) is 12.9. The zero-order valence-electron chi connectivity index (χ0n) is 12.1. The Morgan fingerprint density at radius 1 is 1.29 bits per heavy atom. The summed E-state index contributed by atoms with van der Waals surface area (Å²) in [4.78, 5) is 20.4. The highest BCUT2D eigenvalue weighted by Crippen LogP contribution is 2.25. The first-order chi connectivity index (χ1) is 9.94. The molecule has 4 nitrogen and oxygen atoms in total. The van der Waals surface area contributed by atoms with Crippen molar-refractivity contribution in [2.24, 2.45) is 11.8 Å². The maximum absolute atomic E-state index is 13.7. The van der Waals surface area contributed by atoms with Crippen molar-refractivity contribution in [1.82, 2.24) is 14.9 Å². The SMILES string of the molecule is CC1CC(C)CN(C(=O)c2cc(F)cc3[nH]c(=S)[nH]c23)C1. The number of nitrogens with zero attached hydrogens (tertiary/aromatic N) is 1. The number of carbonyl (C=O) groups is 1. The van der Waals surface area contributed by atoms with Crippen molar-refractivity contribution in [3.63, 3.8) is 0 Å². The van der Waals surface area contributed by atoms with E-state index in [1.807, 2.05) is 4.90 Å². The Balaban J connectivity index is 2.03. The van der Waals surface area contributed by atoms with Crippen LogP contribution in [-0.2, 0) is 0 Å². The first-order valence-corrected chi connectivity index (χ1v) is 7.55. The molecular weight excluding hydrogens is 289 g/mol. The van der Waals surface area contributed by atoms with Crippen LogP contribution in [-0.4, -0.2) is 33.9 Å². The highest BCUT2D eigenvalue weighted by molar-refractivity contribution is 7.71. The van der Waals surface area contributed by atoms with Gasteiger partial charge in [-0.15, -0.1) is 0 Å². The number of H-pyrrole nitrogens is 2. The smallest absolute Gasteiger partial charge is 0.256 e. The van der Waals surface area contributed by atoms with Gasteiger partial charge in [-0.25, -0.2) is 4.39 Å². The first kappa shape index (κ1) is 14.3. The van der Waals surface area contributed by atoms with Gasteiger partial charge in [-0.3, -0.25) is 4.79 Å². The van der Waals surface area contributed by atoms with E-state index >= 15 is 0 Å². The predicted molar refractivity (Wildman–Crippen MR) is 82.3 cm³/mol. The third-order valence-corrected chi connectivity index (χ3v) is 4.18. The van der Waals surface area contributed by atoms with E-state index in [1.165, 1.54) is 12.1 Å². The number of nitrogens with one attached hydrogen (secondary N) is 2. The second-order valence-electron chi connectivity index (χ2n) is 6.11. The number of likely N-dealkylation sites (tertiary alicyclic amines) is 1. The maximum atomic E-state index is 13.7. The Bertz CT molecular complexity index is 741. The first-order valence-electron chi connectivity index (χ1n) is 7.15. The number of aromatic nitrogens is 2. The summed E-state index contributed by atoms with van der Waals surface area (Å²) >= 11 is 5.04. The normalized spacial score (nSPS) is 22.7. The zero-order chi connectivity index (χ0) is 15.1. The molecule has 2 aromatic rings. The maximum Gasteiger partial charge on any atom is 0.256 e. The van der Waals surface area contributed by atoms with Crippen LogP contribution in [0, 0.1) is 22.4 Å². The van der Waals surface area contributed by atoms with Crippen molar-refractivity contribution < 1.29 is 9.18 Å². The summed E-state index contributed by atoms with van der Waals surface area (Å²) < 4.78 is 14.1. The van der Waals surface area contributed by atoms with Gasteiger partial charge in [0.05, 0.1) is 16.6 Å². The molecule has 2 atom stereocenters. The minimum atomic E-state index is -0.436. The summed E-state index contributed by atoms with van der Waals surface area (Å²) in [5.74, 6) is 0.357. The molecule has 2 heterocycles. The van der Waals surface area contributed by atoms with Crippen molar-refractivity contribution in [2.45, 2.75) is 20.3 Å². The number of piperidine rings is 1. The molecule has 21 heavy (non-hydrogen) atoms. The summed E-state index contributed by atoms with van der Waals surface area (Å²) in [6.45, 7) is 5.71. The monoisotopic (exact) mass is 307 g/mol. The number of hydrogen-bond donors (Lipinski definition) is 2. The number of rotatable bonds is 1. The largest absolute Gasteiger partial charge is 0.338 e. The van der Waals surface area contributed by atoms with Gasteiger partial charge < -0.3 is 14.9 Å². The standard InChI is InChI=1S/C15H18FN3OS/c1-8-3-9(2)7-19(6-8)14(20)11-4-10(16)5-12-13(11)18-15(21)17-12/h4-5,8-9H,3,6-7H2,1-2H3,(H2,17,18,21). The molecule has 1 aliphatic heterocycles. The van der Waals surface area contributed by atoms with E-state index in [0.717, 1.165) is 6.42 Å². The molecule has 0 spiro atoms. The van der Waals surface area contributed by atoms with Gasteiger partial charge in [0.2, 0.25) is 0 Å². The third kappa shape index (κ3) is 2.72. The van der Waals surface area contributed by atoms with Crippen LogP contribution in [0.2, 0.25) is 0 Å². The van der Waals surface area contributed by atoms with Gasteiger partial charge in [-0.1, -0.05) is 13.8 Å². The summed E-state index contributed by atoms with van der Waals surface area (Å²) in [5, 5.41) is 0. The van der Waals surface area contributed by atoms with Crippen molar-refractivity contribution in [3.05, 3.63) is 28.3 Å². The molecule has 0 aliphatic carbocycles. The summed E-state index contributed by atoms with van der Waals surface area (Å²) in [6.07, 6.45) is 1.12. The van der Waals surface area contributed by atoms with Crippen molar-refractivity contribution in [2.75, 3.05) is 13.1 Å². The Morgan fingerprint density at radius 3 is 2.62 bits per heavy atom. The fraction of sp³-hybridized carbons (Fsp3) is 0.467. The lowest BCUT2D eigenvalue weighted by Crippen LogP contribution is -2.42. The van der Waals surface area contributed by atoms with Crippen LogP contribution in [0.3, 0.4) is 0 Å². The van der Waals surface area contributed by atoms with Crippen molar-refractivity contribution in [3.8, 4) is 0 Å². The quantitative estimate of drug-likeness (QED) is 0.793. The number of fused-ring (bicyclic) bond motifs is 1. The van der Waals surface area contributed by atoms with Gasteiger partial charge in [0.15, 0.2) is 4.77 Å². The fourth-order valence-electron chi connectivity index (χ4n) is 3.27. The second kappa shape index (κ2) is 5.26. The highest BCUT2D eigenvalue weighted by atomic mass is 32.1. The number of halogens is 1. The topological polar surface area (TPSA) is 51.9 Å². The molecule has 0 bridgehead atoms.